The molecule has 2 bridgehead atoms. The van der Waals surface area contributed by atoms with Gasteiger partial charge in [-0.3, -0.25) is 4.90 Å². The third kappa shape index (κ3) is 1.70. The predicted molar refractivity (Wildman–Crippen MR) is 68.5 cm³/mol. The van der Waals surface area contributed by atoms with Gasteiger partial charge in [0.1, 0.15) is 0 Å². The molecule has 2 aliphatic carbocycles. The zero-order valence-corrected chi connectivity index (χ0v) is 11.0. The van der Waals surface area contributed by atoms with Crippen molar-refractivity contribution >= 4 is 5.71 Å². The van der Waals surface area contributed by atoms with Crippen LogP contribution < -0.4 is 0 Å². The molecule has 0 aromatic carbocycles. The van der Waals surface area contributed by atoms with Gasteiger partial charge in [-0.1, -0.05) is 11.6 Å². The molecule has 3 fully saturated rings. The van der Waals surface area contributed by atoms with Crippen LogP contribution >= 0.6 is 0 Å². The van der Waals surface area contributed by atoms with Crippen LogP contribution in [0.5, 0.6) is 0 Å². The molecule has 1 saturated heterocycles. The Morgan fingerprint density at radius 2 is 1.82 bits per heavy atom. The molecule has 96 valence electrons. The van der Waals surface area contributed by atoms with E-state index in [2.05, 4.69) is 23.9 Å². The normalized spacial score (nSPS) is 49.1. The van der Waals surface area contributed by atoms with Crippen molar-refractivity contribution in [3.05, 3.63) is 0 Å². The summed E-state index contributed by atoms with van der Waals surface area (Å²) in [5.74, 6) is 1.34. The van der Waals surface area contributed by atoms with Crippen molar-refractivity contribution in [2.24, 2.45) is 17.0 Å². The number of likely N-dealkylation sites (tertiary alicyclic amines) is 1. The minimum absolute atomic E-state index is 0.448. The highest BCUT2D eigenvalue weighted by molar-refractivity contribution is 5.94. The van der Waals surface area contributed by atoms with E-state index in [1.165, 1.54) is 38.5 Å². The van der Waals surface area contributed by atoms with Crippen molar-refractivity contribution < 1.29 is 5.21 Å². The maximum Gasteiger partial charge on any atom is 0.0775 e. The fourth-order valence-electron chi connectivity index (χ4n) is 4.58. The predicted octanol–water partition coefficient (Wildman–Crippen LogP) is 2.88. The van der Waals surface area contributed by atoms with Crippen molar-refractivity contribution in [3.63, 3.8) is 0 Å². The molecule has 2 saturated carbocycles. The first-order chi connectivity index (χ1) is 8.22. The molecule has 3 rings (SSSR count). The maximum absolute atomic E-state index is 9.32. The Labute approximate surface area is 104 Å². The Hall–Kier alpha value is -0.570. The van der Waals surface area contributed by atoms with Gasteiger partial charge in [-0.2, -0.15) is 0 Å². The van der Waals surface area contributed by atoms with Crippen molar-refractivity contribution in [3.8, 4) is 0 Å². The van der Waals surface area contributed by atoms with Crippen molar-refractivity contribution in [2.45, 2.75) is 70.5 Å². The standard InChI is InChI=1S/C14H24N2O/c1-9-4-3-5-10(2)16(9)14-12-7-6-11(8-12)13(14)15-17/h9-12,14,17H,3-8H2,1-2H3/b15-13-/t9-,10-,11+,12+,14+/m1/s1. The van der Waals surface area contributed by atoms with Crippen LogP contribution in [0.25, 0.3) is 0 Å². The summed E-state index contributed by atoms with van der Waals surface area (Å²) >= 11 is 0. The highest BCUT2D eigenvalue weighted by Crippen LogP contribution is 2.47. The van der Waals surface area contributed by atoms with Gasteiger partial charge in [-0.05, 0) is 51.9 Å². The first-order valence-corrected chi connectivity index (χ1v) is 7.21. The molecule has 1 N–H and O–H groups in total. The van der Waals surface area contributed by atoms with E-state index in [0.717, 1.165) is 11.6 Å². The minimum atomic E-state index is 0.448. The molecular weight excluding hydrogens is 212 g/mol. The molecule has 1 heterocycles. The number of fused-ring (bicyclic) bond motifs is 2. The Balaban J connectivity index is 1.87. The average molecular weight is 236 g/mol. The SMILES string of the molecule is C[C@@H]1CCC[C@@H](C)N1[C@@H]1/C(=N\O)[C@H]2CC[C@H]1C2. The summed E-state index contributed by atoms with van der Waals surface area (Å²) in [6.45, 7) is 4.69. The molecule has 0 unspecified atom stereocenters. The van der Waals surface area contributed by atoms with Gasteiger partial charge < -0.3 is 5.21 Å². The van der Waals surface area contributed by atoms with Crippen LogP contribution in [0.2, 0.25) is 0 Å². The molecular formula is C14H24N2O. The molecule has 3 nitrogen and oxygen atoms in total. The number of hydrogen-bond donors (Lipinski definition) is 1. The van der Waals surface area contributed by atoms with Gasteiger partial charge in [0, 0.05) is 18.0 Å². The summed E-state index contributed by atoms with van der Waals surface area (Å²) in [6, 6.07) is 1.75. The Bertz CT molecular complexity index is 318. The highest BCUT2D eigenvalue weighted by atomic mass is 16.4. The zero-order chi connectivity index (χ0) is 12.0. The van der Waals surface area contributed by atoms with Crippen LogP contribution in [0.4, 0.5) is 0 Å². The number of rotatable bonds is 1. The summed E-state index contributed by atoms with van der Waals surface area (Å²) in [6.07, 6.45) is 7.81. The monoisotopic (exact) mass is 236 g/mol. The summed E-state index contributed by atoms with van der Waals surface area (Å²) in [4.78, 5) is 2.66. The average Bonchev–Trinajstić information content (AvgIpc) is 2.89. The third-order valence-corrected chi connectivity index (χ3v) is 5.34. The van der Waals surface area contributed by atoms with E-state index >= 15 is 0 Å². The summed E-state index contributed by atoms with van der Waals surface area (Å²) in [5, 5.41) is 13.0. The smallest absolute Gasteiger partial charge is 0.0775 e. The Morgan fingerprint density at radius 3 is 2.47 bits per heavy atom. The molecule has 1 aliphatic heterocycles. The van der Waals surface area contributed by atoms with Crippen LogP contribution in [0.1, 0.15) is 52.4 Å². The minimum Gasteiger partial charge on any atom is -0.411 e. The number of oxime groups is 1. The van der Waals surface area contributed by atoms with Crippen LogP contribution in [0.3, 0.4) is 0 Å². The molecule has 17 heavy (non-hydrogen) atoms. The molecule has 3 aliphatic rings. The van der Waals surface area contributed by atoms with Crippen molar-refractivity contribution in [2.75, 3.05) is 0 Å². The van der Waals surface area contributed by atoms with E-state index in [1.807, 2.05) is 0 Å². The number of nitrogens with zero attached hydrogens (tertiary/aromatic N) is 2. The zero-order valence-electron chi connectivity index (χ0n) is 11.0. The largest absolute Gasteiger partial charge is 0.411 e. The third-order valence-electron chi connectivity index (χ3n) is 5.34. The molecule has 5 atom stereocenters. The van der Waals surface area contributed by atoms with Gasteiger partial charge in [0.15, 0.2) is 0 Å². The highest BCUT2D eigenvalue weighted by Gasteiger charge is 2.50. The molecule has 0 aromatic heterocycles. The van der Waals surface area contributed by atoms with E-state index in [9.17, 15) is 5.21 Å². The molecule has 0 aromatic rings. The maximum atomic E-state index is 9.32. The number of piperidine rings is 1. The summed E-state index contributed by atoms with van der Waals surface area (Å²) in [7, 11) is 0. The lowest BCUT2D eigenvalue weighted by Crippen LogP contribution is -2.55. The fourth-order valence-corrected chi connectivity index (χ4v) is 4.58. The first kappa shape index (κ1) is 11.5. The second kappa shape index (κ2) is 4.27. The summed E-state index contributed by atoms with van der Waals surface area (Å²) < 4.78 is 0. The van der Waals surface area contributed by atoms with Gasteiger partial charge in [-0.25, -0.2) is 0 Å². The van der Waals surface area contributed by atoms with Gasteiger partial charge in [0.05, 0.1) is 11.8 Å². The lowest BCUT2D eigenvalue weighted by Gasteiger charge is -2.45. The molecule has 0 radical (unpaired) electrons. The van der Waals surface area contributed by atoms with Crippen LogP contribution in [0.15, 0.2) is 5.16 Å². The topological polar surface area (TPSA) is 35.8 Å². The molecule has 0 spiro atoms. The van der Waals surface area contributed by atoms with E-state index < -0.39 is 0 Å². The second-order valence-electron chi connectivity index (χ2n) is 6.32. The lowest BCUT2D eigenvalue weighted by atomic mass is 9.86. The van der Waals surface area contributed by atoms with Gasteiger partial charge in [0.2, 0.25) is 0 Å². The molecule has 0 amide bonds. The van der Waals surface area contributed by atoms with E-state index in [-0.39, 0.29) is 0 Å². The Morgan fingerprint density at radius 1 is 1.12 bits per heavy atom. The van der Waals surface area contributed by atoms with Gasteiger partial charge >= 0.3 is 0 Å². The second-order valence-corrected chi connectivity index (χ2v) is 6.32. The summed E-state index contributed by atoms with van der Waals surface area (Å²) in [5.41, 5.74) is 1.10. The van der Waals surface area contributed by atoms with Crippen LogP contribution in [-0.2, 0) is 0 Å². The van der Waals surface area contributed by atoms with Crippen molar-refractivity contribution in [1.29, 1.82) is 0 Å². The van der Waals surface area contributed by atoms with Gasteiger partial charge in [0.25, 0.3) is 0 Å². The lowest BCUT2D eigenvalue weighted by molar-refractivity contribution is 0.0602. The first-order valence-electron chi connectivity index (χ1n) is 7.21. The van der Waals surface area contributed by atoms with Gasteiger partial charge in [-0.15, -0.1) is 0 Å². The molecule has 3 heteroatoms. The van der Waals surface area contributed by atoms with Crippen LogP contribution in [0, 0.1) is 11.8 Å². The van der Waals surface area contributed by atoms with E-state index in [0.29, 0.717) is 24.0 Å². The quantitative estimate of drug-likeness (QED) is 0.561. The van der Waals surface area contributed by atoms with Crippen molar-refractivity contribution in [1.82, 2.24) is 4.90 Å². The number of hydrogen-bond acceptors (Lipinski definition) is 3. The van der Waals surface area contributed by atoms with Crippen LogP contribution in [-0.4, -0.2) is 33.9 Å². The van der Waals surface area contributed by atoms with E-state index in [4.69, 9.17) is 0 Å². The van der Waals surface area contributed by atoms with E-state index in [1.54, 1.807) is 0 Å². The fraction of sp³-hybridized carbons (Fsp3) is 0.929. The Kier molecular flexibility index (Phi) is 2.89.